The van der Waals surface area contributed by atoms with E-state index in [-0.39, 0.29) is 5.91 Å². The van der Waals surface area contributed by atoms with E-state index < -0.39 is 0 Å². The van der Waals surface area contributed by atoms with Gasteiger partial charge in [0, 0.05) is 28.5 Å². The third kappa shape index (κ3) is 5.73. The van der Waals surface area contributed by atoms with Gasteiger partial charge in [-0.3, -0.25) is 4.79 Å². The van der Waals surface area contributed by atoms with Gasteiger partial charge in [0.25, 0.3) is 5.91 Å². The summed E-state index contributed by atoms with van der Waals surface area (Å²) in [6, 6.07) is 33.3. The molecule has 4 aromatic carbocycles. The topological polar surface area (TPSA) is 77.0 Å². The standard InChI is InChI=1S/C31H25ClN4O/c32-25-11-6-21(7-12-25)16-17-34-20-22-8-13-26(14-9-22)35-30(24-4-2-1-3-5-24)29-27-18-23(19-33)10-15-28(27)36-31(29)37/h1-15,18,34-35H,16-17,20H2,(H,36,37)/b30-29-. The number of benzene rings is 4. The smallest absolute Gasteiger partial charge is 0.258 e. The summed E-state index contributed by atoms with van der Waals surface area (Å²) in [4.78, 5) is 13.0. The zero-order valence-corrected chi connectivity index (χ0v) is 20.8. The number of nitrogens with zero attached hydrogens (tertiary/aromatic N) is 1. The molecule has 0 aliphatic carbocycles. The minimum atomic E-state index is -0.196. The average molecular weight is 505 g/mol. The predicted octanol–water partition coefficient (Wildman–Crippen LogP) is 6.48. The lowest BCUT2D eigenvalue weighted by atomic mass is 9.98. The molecule has 0 spiro atoms. The SMILES string of the molecule is N#Cc1ccc2c(c1)/C(=C(/Nc1ccc(CNCCc3ccc(Cl)cc3)cc1)c1ccccc1)C(=O)N2. The van der Waals surface area contributed by atoms with Crippen molar-refractivity contribution in [3.05, 3.63) is 130 Å². The van der Waals surface area contributed by atoms with E-state index >= 15 is 0 Å². The van der Waals surface area contributed by atoms with Gasteiger partial charge in [0.1, 0.15) is 0 Å². The first-order chi connectivity index (χ1) is 18.1. The minimum Gasteiger partial charge on any atom is -0.354 e. The zero-order chi connectivity index (χ0) is 25.6. The molecule has 1 heterocycles. The summed E-state index contributed by atoms with van der Waals surface area (Å²) in [5, 5.41) is 20.0. The van der Waals surface area contributed by atoms with Crippen molar-refractivity contribution in [3.63, 3.8) is 0 Å². The van der Waals surface area contributed by atoms with Crippen LogP contribution in [0, 0.1) is 11.3 Å². The Labute approximate surface area is 221 Å². The minimum absolute atomic E-state index is 0.196. The largest absolute Gasteiger partial charge is 0.354 e. The first kappa shape index (κ1) is 24.3. The Morgan fingerprint density at radius 3 is 2.35 bits per heavy atom. The summed E-state index contributed by atoms with van der Waals surface area (Å²) >= 11 is 5.96. The molecule has 1 aliphatic heterocycles. The molecule has 5 rings (SSSR count). The Kier molecular flexibility index (Phi) is 7.32. The van der Waals surface area contributed by atoms with E-state index in [0.717, 1.165) is 46.9 Å². The van der Waals surface area contributed by atoms with Gasteiger partial charge in [-0.25, -0.2) is 0 Å². The van der Waals surface area contributed by atoms with Crippen LogP contribution in [0.4, 0.5) is 11.4 Å². The molecule has 1 aliphatic rings. The highest BCUT2D eigenvalue weighted by atomic mass is 35.5. The number of halogens is 1. The van der Waals surface area contributed by atoms with Crippen LogP contribution in [0.3, 0.4) is 0 Å². The second kappa shape index (κ2) is 11.1. The second-order valence-corrected chi connectivity index (χ2v) is 9.25. The van der Waals surface area contributed by atoms with Crippen molar-refractivity contribution in [1.82, 2.24) is 5.32 Å². The quantitative estimate of drug-likeness (QED) is 0.190. The van der Waals surface area contributed by atoms with E-state index in [1.165, 1.54) is 5.56 Å². The van der Waals surface area contributed by atoms with Crippen molar-refractivity contribution in [2.45, 2.75) is 13.0 Å². The van der Waals surface area contributed by atoms with Crippen LogP contribution in [-0.2, 0) is 17.8 Å². The van der Waals surface area contributed by atoms with Crippen LogP contribution >= 0.6 is 11.6 Å². The van der Waals surface area contributed by atoms with Crippen LogP contribution in [0.5, 0.6) is 0 Å². The molecule has 0 unspecified atom stereocenters. The lowest BCUT2D eigenvalue weighted by Gasteiger charge is -2.15. The van der Waals surface area contributed by atoms with Crippen molar-refractivity contribution < 1.29 is 4.79 Å². The third-order valence-electron chi connectivity index (χ3n) is 6.26. The first-order valence-corrected chi connectivity index (χ1v) is 12.5. The third-order valence-corrected chi connectivity index (χ3v) is 6.51. The maximum Gasteiger partial charge on any atom is 0.258 e. The van der Waals surface area contributed by atoms with Crippen molar-refractivity contribution >= 4 is 40.2 Å². The molecule has 0 saturated heterocycles. The van der Waals surface area contributed by atoms with E-state index in [2.05, 4.69) is 34.2 Å². The lowest BCUT2D eigenvalue weighted by Crippen LogP contribution is -2.16. The number of carbonyl (C=O) groups is 1. The van der Waals surface area contributed by atoms with Gasteiger partial charge in [-0.2, -0.15) is 5.26 Å². The highest BCUT2D eigenvalue weighted by Gasteiger charge is 2.28. The fourth-order valence-electron chi connectivity index (χ4n) is 4.34. The van der Waals surface area contributed by atoms with Crippen LogP contribution < -0.4 is 16.0 Å². The van der Waals surface area contributed by atoms with E-state index in [0.29, 0.717) is 22.5 Å². The molecule has 182 valence electrons. The Morgan fingerprint density at radius 2 is 1.62 bits per heavy atom. The van der Waals surface area contributed by atoms with Gasteiger partial charge in [-0.05, 0) is 72.1 Å². The van der Waals surface area contributed by atoms with Crippen LogP contribution in [0.1, 0.15) is 27.8 Å². The Balaban J connectivity index is 1.34. The van der Waals surface area contributed by atoms with Crippen LogP contribution in [0.15, 0.2) is 97.1 Å². The summed E-state index contributed by atoms with van der Waals surface area (Å²) in [5.74, 6) is -0.196. The summed E-state index contributed by atoms with van der Waals surface area (Å²) < 4.78 is 0. The van der Waals surface area contributed by atoms with E-state index in [9.17, 15) is 10.1 Å². The Morgan fingerprint density at radius 1 is 0.892 bits per heavy atom. The van der Waals surface area contributed by atoms with Gasteiger partial charge >= 0.3 is 0 Å². The normalized spacial score (nSPS) is 13.5. The molecule has 0 fully saturated rings. The van der Waals surface area contributed by atoms with E-state index in [1.807, 2.05) is 66.7 Å². The molecule has 0 atom stereocenters. The van der Waals surface area contributed by atoms with Gasteiger partial charge in [-0.1, -0.05) is 66.2 Å². The first-order valence-electron chi connectivity index (χ1n) is 12.1. The lowest BCUT2D eigenvalue weighted by molar-refractivity contribution is -0.110. The molecule has 6 heteroatoms. The summed E-state index contributed by atoms with van der Waals surface area (Å²) in [6.07, 6.45) is 0.932. The maximum absolute atomic E-state index is 13.0. The number of fused-ring (bicyclic) bond motifs is 1. The Bertz CT molecular complexity index is 1490. The second-order valence-electron chi connectivity index (χ2n) is 8.82. The molecule has 4 aromatic rings. The van der Waals surface area contributed by atoms with Crippen molar-refractivity contribution in [2.75, 3.05) is 17.2 Å². The number of carbonyl (C=O) groups excluding carboxylic acids is 1. The molecular weight excluding hydrogens is 480 g/mol. The number of nitriles is 1. The van der Waals surface area contributed by atoms with Crippen LogP contribution in [0.2, 0.25) is 5.02 Å². The molecule has 1 amide bonds. The van der Waals surface area contributed by atoms with Crippen LogP contribution in [-0.4, -0.2) is 12.5 Å². The zero-order valence-electron chi connectivity index (χ0n) is 20.1. The molecule has 37 heavy (non-hydrogen) atoms. The molecular formula is C31H25ClN4O. The highest BCUT2D eigenvalue weighted by molar-refractivity contribution is 6.37. The molecule has 0 radical (unpaired) electrons. The maximum atomic E-state index is 13.0. The molecule has 0 bridgehead atoms. The highest BCUT2D eigenvalue weighted by Crippen LogP contribution is 2.38. The van der Waals surface area contributed by atoms with Crippen LogP contribution in [0.25, 0.3) is 11.3 Å². The van der Waals surface area contributed by atoms with Gasteiger partial charge in [-0.15, -0.1) is 0 Å². The average Bonchev–Trinajstić information content (AvgIpc) is 3.26. The number of hydrogen-bond acceptors (Lipinski definition) is 4. The molecule has 0 saturated carbocycles. The fraction of sp³-hybridized carbons (Fsp3) is 0.0968. The monoisotopic (exact) mass is 504 g/mol. The number of amides is 1. The summed E-state index contributed by atoms with van der Waals surface area (Å²) in [6.45, 7) is 1.62. The van der Waals surface area contributed by atoms with Gasteiger partial charge in [0.15, 0.2) is 0 Å². The summed E-state index contributed by atoms with van der Waals surface area (Å²) in [7, 11) is 0. The predicted molar refractivity (Wildman–Crippen MR) is 150 cm³/mol. The molecule has 5 nitrogen and oxygen atoms in total. The summed E-state index contributed by atoms with van der Waals surface area (Å²) in [5.41, 5.74) is 7.31. The van der Waals surface area contributed by atoms with Gasteiger partial charge in [0.2, 0.25) is 0 Å². The van der Waals surface area contributed by atoms with Crippen molar-refractivity contribution in [2.24, 2.45) is 0 Å². The molecule has 0 aromatic heterocycles. The molecule has 3 N–H and O–H groups in total. The van der Waals surface area contributed by atoms with Gasteiger partial charge < -0.3 is 16.0 Å². The van der Waals surface area contributed by atoms with E-state index in [1.54, 1.807) is 18.2 Å². The Hall–Kier alpha value is -4.37. The van der Waals surface area contributed by atoms with E-state index in [4.69, 9.17) is 11.6 Å². The fourth-order valence-corrected chi connectivity index (χ4v) is 4.46. The number of nitrogens with one attached hydrogen (secondary N) is 3. The van der Waals surface area contributed by atoms with Crippen molar-refractivity contribution in [3.8, 4) is 6.07 Å². The number of anilines is 2. The number of hydrogen-bond donors (Lipinski definition) is 3. The van der Waals surface area contributed by atoms with Crippen molar-refractivity contribution in [1.29, 1.82) is 5.26 Å². The van der Waals surface area contributed by atoms with Gasteiger partial charge in [0.05, 0.1) is 22.9 Å². The number of rotatable bonds is 8.